The Kier molecular flexibility index (Phi) is 2.72. The van der Waals surface area contributed by atoms with Gasteiger partial charge in [-0.2, -0.15) is 0 Å². The third-order valence-corrected chi connectivity index (χ3v) is 3.84. The quantitative estimate of drug-likeness (QED) is 0.786. The van der Waals surface area contributed by atoms with Crippen LogP contribution in [0.1, 0.15) is 25.3 Å². The maximum Gasteiger partial charge on any atom is 0.0578 e. The zero-order valence-electron chi connectivity index (χ0n) is 9.22. The zero-order chi connectivity index (χ0) is 11.8. The van der Waals surface area contributed by atoms with Crippen molar-refractivity contribution in [2.24, 2.45) is 5.92 Å². The zero-order valence-corrected chi connectivity index (χ0v) is 9.22. The fourth-order valence-electron chi connectivity index (χ4n) is 2.73. The Labute approximate surface area is 94.7 Å². The number of carbonyl (C=O) groups excluding carboxylic acids is 1. The van der Waals surface area contributed by atoms with Crippen LogP contribution in [-0.2, 0) is 10.2 Å². The van der Waals surface area contributed by atoms with Crippen molar-refractivity contribution in [3.63, 3.8) is 0 Å². The largest absolute Gasteiger partial charge is 0.549 e. The van der Waals surface area contributed by atoms with E-state index in [-0.39, 0.29) is 5.92 Å². The fraction of sp³-hybridized carbons (Fsp3) is 0.462. The molecule has 1 aromatic carbocycles. The summed E-state index contributed by atoms with van der Waals surface area (Å²) in [7, 11) is 0. The Bertz CT molecular complexity index is 387. The molecule has 1 aromatic rings. The second-order valence-corrected chi connectivity index (χ2v) is 4.52. The summed E-state index contributed by atoms with van der Waals surface area (Å²) < 4.78 is 0. The van der Waals surface area contributed by atoms with Gasteiger partial charge in [-0.25, -0.2) is 0 Å². The van der Waals surface area contributed by atoms with Crippen molar-refractivity contribution < 1.29 is 15.0 Å². The highest BCUT2D eigenvalue weighted by Gasteiger charge is 2.47. The molecule has 0 unspecified atom stereocenters. The molecular formula is C13H15O3-. The highest BCUT2D eigenvalue weighted by Crippen LogP contribution is 2.45. The SMILES string of the molecule is C[C@H]1[C@H](O)CC[C@@]1(C(=O)[O-])c1ccccc1. The van der Waals surface area contributed by atoms with E-state index in [4.69, 9.17) is 0 Å². The molecule has 0 bridgehead atoms. The lowest BCUT2D eigenvalue weighted by molar-refractivity contribution is -0.315. The molecule has 1 saturated carbocycles. The van der Waals surface area contributed by atoms with Crippen LogP contribution in [0.3, 0.4) is 0 Å². The van der Waals surface area contributed by atoms with Crippen LogP contribution < -0.4 is 5.11 Å². The molecule has 0 amide bonds. The number of aliphatic carboxylic acids is 1. The van der Waals surface area contributed by atoms with Crippen molar-refractivity contribution >= 4 is 5.97 Å². The van der Waals surface area contributed by atoms with Crippen molar-refractivity contribution in [3.05, 3.63) is 35.9 Å². The summed E-state index contributed by atoms with van der Waals surface area (Å²) in [4.78, 5) is 11.5. The van der Waals surface area contributed by atoms with E-state index in [9.17, 15) is 15.0 Å². The van der Waals surface area contributed by atoms with Crippen LogP contribution in [0.4, 0.5) is 0 Å². The van der Waals surface area contributed by atoms with Crippen molar-refractivity contribution in [2.45, 2.75) is 31.3 Å². The number of benzene rings is 1. The number of hydrogen-bond acceptors (Lipinski definition) is 3. The molecule has 86 valence electrons. The molecule has 1 N–H and O–H groups in total. The third kappa shape index (κ3) is 1.43. The number of carbonyl (C=O) groups is 1. The Morgan fingerprint density at radius 2 is 2.06 bits per heavy atom. The minimum Gasteiger partial charge on any atom is -0.549 e. The minimum atomic E-state index is -1.08. The number of hydrogen-bond donors (Lipinski definition) is 1. The van der Waals surface area contributed by atoms with Gasteiger partial charge in [0.15, 0.2) is 0 Å². The third-order valence-electron chi connectivity index (χ3n) is 3.84. The highest BCUT2D eigenvalue weighted by atomic mass is 16.4. The summed E-state index contributed by atoms with van der Waals surface area (Å²) in [5.41, 5.74) is -0.292. The summed E-state index contributed by atoms with van der Waals surface area (Å²) in [6.45, 7) is 1.78. The first kappa shape index (κ1) is 11.1. The van der Waals surface area contributed by atoms with Gasteiger partial charge in [-0.15, -0.1) is 0 Å². The maximum absolute atomic E-state index is 11.5. The van der Waals surface area contributed by atoms with Crippen molar-refractivity contribution in [2.75, 3.05) is 0 Å². The van der Waals surface area contributed by atoms with Crippen LogP contribution in [-0.4, -0.2) is 17.2 Å². The van der Waals surface area contributed by atoms with Gasteiger partial charge in [-0.05, 0) is 24.3 Å². The van der Waals surface area contributed by atoms with E-state index in [2.05, 4.69) is 0 Å². The van der Waals surface area contributed by atoms with Gasteiger partial charge in [-0.3, -0.25) is 0 Å². The number of carboxylic acid groups (broad SMARTS) is 1. The maximum atomic E-state index is 11.5. The molecule has 1 aliphatic rings. The molecule has 0 aromatic heterocycles. The lowest BCUT2D eigenvalue weighted by Crippen LogP contribution is -2.49. The standard InChI is InChI=1S/C13H16O3/c1-9-11(14)7-8-13(9,12(15)16)10-5-3-2-4-6-10/h2-6,9,11,14H,7-8H2,1H3,(H,15,16)/p-1/t9-,11+,13-/m0/s1. The van der Waals surface area contributed by atoms with Crippen LogP contribution in [0.15, 0.2) is 30.3 Å². The van der Waals surface area contributed by atoms with E-state index in [1.165, 1.54) is 0 Å². The van der Waals surface area contributed by atoms with Gasteiger partial charge >= 0.3 is 0 Å². The Hall–Kier alpha value is -1.35. The molecule has 0 radical (unpaired) electrons. The van der Waals surface area contributed by atoms with Crippen molar-refractivity contribution in [1.82, 2.24) is 0 Å². The minimum absolute atomic E-state index is 0.306. The molecule has 0 heterocycles. The molecule has 3 atom stereocenters. The van der Waals surface area contributed by atoms with Crippen molar-refractivity contribution in [3.8, 4) is 0 Å². The number of rotatable bonds is 2. The fourth-order valence-corrected chi connectivity index (χ4v) is 2.73. The van der Waals surface area contributed by atoms with Crippen LogP contribution >= 0.6 is 0 Å². The molecule has 1 fully saturated rings. The van der Waals surface area contributed by atoms with E-state index in [1.807, 2.05) is 18.2 Å². The van der Waals surface area contributed by atoms with Gasteiger partial charge in [0.25, 0.3) is 0 Å². The molecule has 2 rings (SSSR count). The molecule has 0 aliphatic heterocycles. The average Bonchev–Trinajstić information content (AvgIpc) is 2.59. The summed E-state index contributed by atoms with van der Waals surface area (Å²) in [5.74, 6) is -1.39. The Balaban J connectivity index is 2.50. The van der Waals surface area contributed by atoms with Crippen LogP contribution in [0.25, 0.3) is 0 Å². The molecule has 16 heavy (non-hydrogen) atoms. The summed E-state index contributed by atoms with van der Waals surface area (Å²) in [6, 6.07) is 9.08. The van der Waals surface area contributed by atoms with E-state index < -0.39 is 17.5 Å². The normalized spacial score (nSPS) is 33.9. The summed E-state index contributed by atoms with van der Waals surface area (Å²) >= 11 is 0. The number of aliphatic hydroxyl groups is 1. The van der Waals surface area contributed by atoms with Gasteiger partial charge in [0, 0.05) is 5.41 Å². The summed E-state index contributed by atoms with van der Waals surface area (Å²) in [5, 5.41) is 21.2. The van der Waals surface area contributed by atoms with Crippen LogP contribution in [0.5, 0.6) is 0 Å². The van der Waals surface area contributed by atoms with E-state index in [1.54, 1.807) is 19.1 Å². The predicted molar refractivity (Wildman–Crippen MR) is 57.5 cm³/mol. The smallest absolute Gasteiger partial charge is 0.0578 e. The second-order valence-electron chi connectivity index (χ2n) is 4.52. The molecule has 0 saturated heterocycles. The molecule has 3 nitrogen and oxygen atoms in total. The highest BCUT2D eigenvalue weighted by molar-refractivity contribution is 5.80. The second kappa shape index (κ2) is 3.91. The first-order chi connectivity index (χ1) is 7.59. The monoisotopic (exact) mass is 219 g/mol. The van der Waals surface area contributed by atoms with Crippen LogP contribution in [0, 0.1) is 5.92 Å². The van der Waals surface area contributed by atoms with Gasteiger partial charge in [0.1, 0.15) is 0 Å². The van der Waals surface area contributed by atoms with E-state index >= 15 is 0 Å². The first-order valence-corrected chi connectivity index (χ1v) is 5.54. The molecule has 0 spiro atoms. The lowest BCUT2D eigenvalue weighted by atomic mass is 9.72. The molecule has 3 heteroatoms. The van der Waals surface area contributed by atoms with Gasteiger partial charge in [0.2, 0.25) is 0 Å². The van der Waals surface area contributed by atoms with E-state index in [0.29, 0.717) is 12.8 Å². The molecular weight excluding hydrogens is 204 g/mol. The average molecular weight is 219 g/mol. The Morgan fingerprint density at radius 3 is 2.50 bits per heavy atom. The number of aliphatic hydroxyl groups excluding tert-OH is 1. The van der Waals surface area contributed by atoms with Gasteiger partial charge in [0.05, 0.1) is 12.1 Å². The summed E-state index contributed by atoms with van der Waals surface area (Å²) in [6.07, 6.45) is 0.407. The van der Waals surface area contributed by atoms with Crippen molar-refractivity contribution in [1.29, 1.82) is 0 Å². The lowest BCUT2D eigenvalue weighted by Gasteiger charge is -2.36. The van der Waals surface area contributed by atoms with Gasteiger partial charge in [-0.1, -0.05) is 37.3 Å². The number of carboxylic acids is 1. The molecule has 1 aliphatic carbocycles. The predicted octanol–water partition coefficient (Wildman–Crippen LogP) is 0.465. The van der Waals surface area contributed by atoms with Gasteiger partial charge < -0.3 is 15.0 Å². The van der Waals surface area contributed by atoms with E-state index in [0.717, 1.165) is 5.56 Å². The Morgan fingerprint density at radius 1 is 1.44 bits per heavy atom. The topological polar surface area (TPSA) is 60.4 Å². The first-order valence-electron chi connectivity index (χ1n) is 5.54. The van der Waals surface area contributed by atoms with Crippen LogP contribution in [0.2, 0.25) is 0 Å².